The molecular formula is C17H26N2O3. The first-order valence-corrected chi connectivity index (χ1v) is 7.93. The van der Waals surface area contributed by atoms with Crippen LogP contribution in [0.1, 0.15) is 37.0 Å². The molecule has 0 aliphatic carbocycles. The minimum Gasteiger partial charge on any atom is -0.493 e. The summed E-state index contributed by atoms with van der Waals surface area (Å²) in [6.07, 6.45) is 2.28. The molecule has 22 heavy (non-hydrogen) atoms. The summed E-state index contributed by atoms with van der Waals surface area (Å²) in [6, 6.07) is 5.28. The zero-order valence-corrected chi connectivity index (χ0v) is 13.6. The van der Waals surface area contributed by atoms with Crippen molar-refractivity contribution in [3.8, 4) is 11.5 Å². The zero-order chi connectivity index (χ0) is 15.9. The molecule has 1 aliphatic heterocycles. The number of benzene rings is 1. The van der Waals surface area contributed by atoms with Gasteiger partial charge in [-0.2, -0.15) is 0 Å². The summed E-state index contributed by atoms with van der Waals surface area (Å²) < 4.78 is 11.0. The molecule has 1 aromatic rings. The Morgan fingerprint density at radius 2 is 2.23 bits per heavy atom. The van der Waals surface area contributed by atoms with Crippen LogP contribution in [0.25, 0.3) is 0 Å². The lowest BCUT2D eigenvalue weighted by Crippen LogP contribution is -2.26. The van der Waals surface area contributed by atoms with Crippen molar-refractivity contribution in [3.63, 3.8) is 0 Å². The Hall–Kier alpha value is -1.75. The molecule has 1 aliphatic rings. The first-order chi connectivity index (χ1) is 10.6. The molecule has 1 heterocycles. The van der Waals surface area contributed by atoms with Crippen molar-refractivity contribution >= 4 is 5.91 Å². The molecule has 2 N–H and O–H groups in total. The van der Waals surface area contributed by atoms with Crippen LogP contribution in [-0.4, -0.2) is 38.8 Å². The van der Waals surface area contributed by atoms with Crippen LogP contribution in [0.4, 0.5) is 0 Å². The fourth-order valence-electron chi connectivity index (χ4n) is 2.61. The lowest BCUT2D eigenvalue weighted by Gasteiger charge is -2.14. The van der Waals surface area contributed by atoms with Crippen LogP contribution in [0, 0.1) is 5.92 Å². The van der Waals surface area contributed by atoms with Gasteiger partial charge in [0.15, 0.2) is 11.5 Å². The minimum atomic E-state index is -0.0691. The van der Waals surface area contributed by atoms with Crippen molar-refractivity contribution in [3.05, 3.63) is 23.8 Å². The number of rotatable bonds is 7. The van der Waals surface area contributed by atoms with Crippen LogP contribution >= 0.6 is 0 Å². The molecule has 1 fully saturated rings. The second kappa shape index (κ2) is 8.03. The number of hydrogen-bond donors (Lipinski definition) is 2. The highest BCUT2D eigenvalue weighted by molar-refractivity contribution is 5.94. The highest BCUT2D eigenvalue weighted by Crippen LogP contribution is 2.28. The van der Waals surface area contributed by atoms with Crippen LogP contribution < -0.4 is 20.1 Å². The quantitative estimate of drug-likeness (QED) is 0.811. The fraction of sp³-hybridized carbons (Fsp3) is 0.588. The maximum absolute atomic E-state index is 12.2. The summed E-state index contributed by atoms with van der Waals surface area (Å²) in [5.41, 5.74) is 0.595. The topological polar surface area (TPSA) is 59.6 Å². The van der Waals surface area contributed by atoms with Crippen LogP contribution in [-0.2, 0) is 0 Å². The van der Waals surface area contributed by atoms with Gasteiger partial charge in [-0.1, -0.05) is 0 Å². The normalized spacial score (nSPS) is 17.5. The van der Waals surface area contributed by atoms with Crippen molar-refractivity contribution in [2.45, 2.75) is 32.8 Å². The second-order valence-electron chi connectivity index (χ2n) is 5.94. The van der Waals surface area contributed by atoms with Crippen molar-refractivity contribution in [2.75, 3.05) is 26.7 Å². The molecule has 1 atom stereocenters. The summed E-state index contributed by atoms with van der Waals surface area (Å²) in [7, 11) is 1.58. The molecule has 0 aromatic heterocycles. The largest absolute Gasteiger partial charge is 0.493 e. The molecule has 0 radical (unpaired) electrons. The third-order valence-electron chi connectivity index (χ3n) is 3.79. The lowest BCUT2D eigenvalue weighted by molar-refractivity contribution is 0.0951. The van der Waals surface area contributed by atoms with E-state index in [9.17, 15) is 4.79 Å². The number of methoxy groups -OCH3 is 1. The SMILES string of the molecule is COc1cc(C(=O)NCCC2CCNC2)ccc1OC(C)C. The van der Waals surface area contributed by atoms with E-state index in [0.717, 1.165) is 19.5 Å². The minimum absolute atomic E-state index is 0.0635. The highest BCUT2D eigenvalue weighted by Gasteiger charge is 2.15. The third-order valence-corrected chi connectivity index (χ3v) is 3.79. The summed E-state index contributed by atoms with van der Waals surface area (Å²) in [6.45, 7) is 6.77. The van der Waals surface area contributed by atoms with Gasteiger partial charge < -0.3 is 20.1 Å². The predicted octanol–water partition coefficient (Wildman–Crippen LogP) is 2.21. The van der Waals surface area contributed by atoms with E-state index in [4.69, 9.17) is 9.47 Å². The maximum Gasteiger partial charge on any atom is 0.251 e. The summed E-state index contributed by atoms with van der Waals surface area (Å²) in [5.74, 6) is 1.85. The van der Waals surface area contributed by atoms with Crippen LogP contribution in [0.3, 0.4) is 0 Å². The van der Waals surface area contributed by atoms with E-state index in [1.807, 2.05) is 13.8 Å². The Bertz CT molecular complexity index is 497. The van der Waals surface area contributed by atoms with Crippen LogP contribution in [0.5, 0.6) is 11.5 Å². The Morgan fingerprint density at radius 3 is 2.86 bits per heavy atom. The molecule has 2 rings (SSSR count). The first kappa shape index (κ1) is 16.6. The molecule has 5 heteroatoms. The van der Waals surface area contributed by atoms with Crippen molar-refractivity contribution in [1.29, 1.82) is 0 Å². The molecule has 1 saturated heterocycles. The van der Waals surface area contributed by atoms with E-state index in [0.29, 0.717) is 29.5 Å². The van der Waals surface area contributed by atoms with Crippen LogP contribution in [0.15, 0.2) is 18.2 Å². The van der Waals surface area contributed by atoms with E-state index in [2.05, 4.69) is 10.6 Å². The number of ether oxygens (including phenoxy) is 2. The second-order valence-corrected chi connectivity index (χ2v) is 5.94. The van der Waals surface area contributed by atoms with Gasteiger partial charge in [0.2, 0.25) is 0 Å². The standard InChI is InChI=1S/C17H26N2O3/c1-12(2)22-15-5-4-14(10-16(15)21-3)17(20)19-9-7-13-6-8-18-11-13/h4-5,10,12-13,18H,6-9,11H2,1-3H3,(H,19,20). The first-order valence-electron chi connectivity index (χ1n) is 7.93. The van der Waals surface area contributed by atoms with Gasteiger partial charge in [-0.25, -0.2) is 0 Å². The molecule has 1 aromatic carbocycles. The number of carbonyl (C=O) groups is 1. The number of nitrogens with one attached hydrogen (secondary N) is 2. The Kier molecular flexibility index (Phi) is 6.07. The van der Waals surface area contributed by atoms with E-state index in [1.54, 1.807) is 25.3 Å². The summed E-state index contributed by atoms with van der Waals surface area (Å²) >= 11 is 0. The predicted molar refractivity (Wildman–Crippen MR) is 86.7 cm³/mol. The monoisotopic (exact) mass is 306 g/mol. The average Bonchev–Trinajstić information content (AvgIpc) is 3.00. The van der Waals surface area contributed by atoms with Crippen molar-refractivity contribution in [1.82, 2.24) is 10.6 Å². The van der Waals surface area contributed by atoms with E-state index in [1.165, 1.54) is 6.42 Å². The van der Waals surface area contributed by atoms with Crippen LogP contribution in [0.2, 0.25) is 0 Å². The molecule has 0 saturated carbocycles. The maximum atomic E-state index is 12.2. The summed E-state index contributed by atoms with van der Waals surface area (Å²) in [4.78, 5) is 12.2. The highest BCUT2D eigenvalue weighted by atomic mass is 16.5. The molecule has 1 unspecified atom stereocenters. The van der Waals surface area contributed by atoms with E-state index in [-0.39, 0.29) is 12.0 Å². The average molecular weight is 306 g/mol. The Morgan fingerprint density at radius 1 is 1.41 bits per heavy atom. The zero-order valence-electron chi connectivity index (χ0n) is 13.6. The van der Waals surface area contributed by atoms with Gasteiger partial charge in [-0.3, -0.25) is 4.79 Å². The van der Waals surface area contributed by atoms with E-state index >= 15 is 0 Å². The van der Waals surface area contributed by atoms with E-state index < -0.39 is 0 Å². The smallest absolute Gasteiger partial charge is 0.251 e. The fourth-order valence-corrected chi connectivity index (χ4v) is 2.61. The van der Waals surface area contributed by atoms with Gasteiger partial charge in [0.1, 0.15) is 0 Å². The molecular weight excluding hydrogens is 280 g/mol. The molecule has 1 amide bonds. The third kappa shape index (κ3) is 4.63. The van der Waals surface area contributed by atoms with Crippen molar-refractivity contribution in [2.24, 2.45) is 5.92 Å². The van der Waals surface area contributed by atoms with Crippen molar-refractivity contribution < 1.29 is 14.3 Å². The number of amides is 1. The van der Waals surface area contributed by atoms with Gasteiger partial charge >= 0.3 is 0 Å². The summed E-state index contributed by atoms with van der Waals surface area (Å²) in [5, 5.41) is 6.31. The van der Waals surface area contributed by atoms with Gasteiger partial charge in [-0.05, 0) is 63.9 Å². The molecule has 5 nitrogen and oxygen atoms in total. The molecule has 0 bridgehead atoms. The number of hydrogen-bond acceptors (Lipinski definition) is 4. The van der Waals surface area contributed by atoms with Gasteiger partial charge in [0, 0.05) is 12.1 Å². The van der Waals surface area contributed by atoms with Gasteiger partial charge in [0.05, 0.1) is 13.2 Å². The van der Waals surface area contributed by atoms with Gasteiger partial charge in [0.25, 0.3) is 5.91 Å². The lowest BCUT2D eigenvalue weighted by atomic mass is 10.1. The number of carbonyl (C=O) groups excluding carboxylic acids is 1. The molecule has 122 valence electrons. The Labute approximate surface area is 132 Å². The molecule has 0 spiro atoms. The Balaban J connectivity index is 1.91. The van der Waals surface area contributed by atoms with Gasteiger partial charge in [-0.15, -0.1) is 0 Å².